The second kappa shape index (κ2) is 4.80. The Bertz CT molecular complexity index is 507. The van der Waals surface area contributed by atoms with Crippen LogP contribution in [0.4, 0.5) is 5.82 Å². The third kappa shape index (κ3) is 2.40. The zero-order valence-corrected chi connectivity index (χ0v) is 9.08. The van der Waals surface area contributed by atoms with Gasteiger partial charge in [0, 0.05) is 24.9 Å². The molecule has 0 aliphatic heterocycles. The molecule has 0 bridgehead atoms. The highest BCUT2D eigenvalue weighted by atomic mass is 35.5. The maximum atomic E-state index is 11.1. The summed E-state index contributed by atoms with van der Waals surface area (Å²) in [5.41, 5.74) is 0.661. The third-order valence-corrected chi connectivity index (χ3v) is 2.39. The summed E-state index contributed by atoms with van der Waals surface area (Å²) >= 11 is 5.76. The van der Waals surface area contributed by atoms with Crippen LogP contribution in [0.25, 0.3) is 0 Å². The van der Waals surface area contributed by atoms with Crippen LogP contribution in [-0.2, 0) is 6.42 Å². The van der Waals surface area contributed by atoms with Gasteiger partial charge in [-0.2, -0.15) is 0 Å². The predicted octanol–water partition coefficient (Wildman–Crippen LogP) is 0.801. The van der Waals surface area contributed by atoms with Crippen molar-refractivity contribution >= 4 is 17.4 Å². The lowest BCUT2D eigenvalue weighted by Gasteiger charge is -2.04. The minimum atomic E-state index is -0.347. The first-order chi connectivity index (χ1) is 7.77. The first kappa shape index (κ1) is 10.7. The molecule has 0 aromatic carbocycles. The number of hydrogen-bond donors (Lipinski definition) is 3. The number of nitrogens with one attached hydrogen (secondary N) is 3. The topological polar surface area (TPSA) is 86.5 Å². The molecule has 2 aromatic heterocycles. The summed E-state index contributed by atoms with van der Waals surface area (Å²) < 4.78 is 0. The zero-order valence-electron chi connectivity index (χ0n) is 8.33. The van der Waals surface area contributed by atoms with E-state index in [0.29, 0.717) is 12.4 Å². The van der Waals surface area contributed by atoms with Crippen LogP contribution in [0.15, 0.2) is 23.6 Å². The molecule has 6 nitrogen and oxygen atoms in total. The van der Waals surface area contributed by atoms with E-state index in [-0.39, 0.29) is 10.6 Å². The minimum Gasteiger partial charge on any atom is -0.368 e. The van der Waals surface area contributed by atoms with Crippen molar-refractivity contribution in [2.45, 2.75) is 6.42 Å². The van der Waals surface area contributed by atoms with E-state index in [4.69, 9.17) is 11.6 Å². The van der Waals surface area contributed by atoms with Gasteiger partial charge >= 0.3 is 0 Å². The Morgan fingerprint density at radius 1 is 1.38 bits per heavy atom. The molecule has 84 valence electrons. The van der Waals surface area contributed by atoms with Crippen molar-refractivity contribution in [3.05, 3.63) is 39.9 Å². The van der Waals surface area contributed by atoms with E-state index < -0.39 is 0 Å². The van der Waals surface area contributed by atoms with Gasteiger partial charge in [-0.15, -0.1) is 0 Å². The van der Waals surface area contributed by atoms with E-state index in [9.17, 15) is 4.79 Å². The lowest BCUT2D eigenvalue weighted by molar-refractivity contribution is 0.961. The predicted molar refractivity (Wildman–Crippen MR) is 60.6 cm³/mol. The van der Waals surface area contributed by atoms with Crippen LogP contribution < -0.4 is 10.9 Å². The van der Waals surface area contributed by atoms with Crippen molar-refractivity contribution < 1.29 is 0 Å². The van der Waals surface area contributed by atoms with Gasteiger partial charge in [-0.25, -0.2) is 9.97 Å². The molecule has 0 aliphatic carbocycles. The summed E-state index contributed by atoms with van der Waals surface area (Å²) in [5.74, 6) is 0.393. The van der Waals surface area contributed by atoms with E-state index in [2.05, 4.69) is 25.3 Å². The molecule has 0 aliphatic rings. The number of anilines is 1. The number of aromatic nitrogens is 4. The smallest absolute Gasteiger partial charge is 0.271 e. The van der Waals surface area contributed by atoms with E-state index in [0.717, 1.165) is 12.1 Å². The molecular weight excluding hydrogens is 230 g/mol. The molecular formula is C9H10ClN5O. The van der Waals surface area contributed by atoms with E-state index in [1.54, 1.807) is 12.5 Å². The molecule has 0 radical (unpaired) electrons. The molecule has 7 heteroatoms. The first-order valence-electron chi connectivity index (χ1n) is 4.71. The summed E-state index contributed by atoms with van der Waals surface area (Å²) in [6.45, 7) is 0.623. The average molecular weight is 240 g/mol. The highest BCUT2D eigenvalue weighted by molar-refractivity contribution is 6.32. The van der Waals surface area contributed by atoms with Crippen molar-refractivity contribution in [1.29, 1.82) is 0 Å². The Kier molecular flexibility index (Phi) is 3.21. The van der Waals surface area contributed by atoms with Crippen molar-refractivity contribution in [2.24, 2.45) is 0 Å². The summed E-state index contributed by atoms with van der Waals surface area (Å²) in [6.07, 6.45) is 5.43. The largest absolute Gasteiger partial charge is 0.368 e. The fraction of sp³-hybridized carbons (Fsp3) is 0.222. The lowest BCUT2D eigenvalue weighted by atomic mass is 10.3. The van der Waals surface area contributed by atoms with Crippen LogP contribution in [0.1, 0.15) is 5.69 Å². The molecule has 0 amide bonds. The Morgan fingerprint density at radius 2 is 2.25 bits per heavy atom. The van der Waals surface area contributed by atoms with Crippen molar-refractivity contribution in [1.82, 2.24) is 19.9 Å². The van der Waals surface area contributed by atoms with E-state index >= 15 is 0 Å². The Hall–Kier alpha value is -1.82. The van der Waals surface area contributed by atoms with Gasteiger partial charge in [-0.1, -0.05) is 11.6 Å². The SMILES string of the molecule is O=c1[nH]cnc(NCCc2cnc[nH]2)c1Cl. The highest BCUT2D eigenvalue weighted by Crippen LogP contribution is 2.11. The number of hydrogen-bond acceptors (Lipinski definition) is 4. The number of aromatic amines is 2. The maximum absolute atomic E-state index is 11.1. The van der Waals surface area contributed by atoms with Crippen LogP contribution >= 0.6 is 11.6 Å². The van der Waals surface area contributed by atoms with Crippen LogP contribution in [0, 0.1) is 0 Å². The molecule has 2 heterocycles. The molecule has 3 N–H and O–H groups in total. The summed E-state index contributed by atoms with van der Waals surface area (Å²) in [4.78, 5) is 24.3. The van der Waals surface area contributed by atoms with Gasteiger partial charge in [0.15, 0.2) is 5.82 Å². The van der Waals surface area contributed by atoms with Crippen molar-refractivity contribution in [3.63, 3.8) is 0 Å². The molecule has 0 spiro atoms. The Morgan fingerprint density at radius 3 is 3.00 bits per heavy atom. The lowest BCUT2D eigenvalue weighted by Crippen LogP contribution is -2.13. The number of halogens is 1. The molecule has 0 atom stereocenters. The molecule has 0 saturated carbocycles. The van der Waals surface area contributed by atoms with E-state index in [1.165, 1.54) is 6.33 Å². The minimum absolute atomic E-state index is 0.0760. The molecule has 16 heavy (non-hydrogen) atoms. The van der Waals surface area contributed by atoms with Crippen LogP contribution in [0.3, 0.4) is 0 Å². The van der Waals surface area contributed by atoms with Gasteiger partial charge in [-0.05, 0) is 0 Å². The normalized spacial score (nSPS) is 10.3. The summed E-state index contributed by atoms with van der Waals surface area (Å²) in [6, 6.07) is 0. The number of imidazole rings is 1. The molecule has 2 rings (SSSR count). The molecule has 0 fully saturated rings. The first-order valence-corrected chi connectivity index (χ1v) is 5.09. The summed E-state index contributed by atoms with van der Waals surface area (Å²) in [5, 5.41) is 3.06. The monoisotopic (exact) mass is 239 g/mol. The van der Waals surface area contributed by atoms with Gasteiger partial charge in [0.25, 0.3) is 5.56 Å². The van der Waals surface area contributed by atoms with Gasteiger partial charge in [0.2, 0.25) is 0 Å². The van der Waals surface area contributed by atoms with Gasteiger partial charge in [0.1, 0.15) is 5.02 Å². The Balaban J connectivity index is 1.95. The van der Waals surface area contributed by atoms with Crippen LogP contribution in [0.5, 0.6) is 0 Å². The quantitative estimate of drug-likeness (QED) is 0.737. The fourth-order valence-corrected chi connectivity index (χ4v) is 1.41. The van der Waals surface area contributed by atoms with Gasteiger partial charge < -0.3 is 15.3 Å². The van der Waals surface area contributed by atoms with Crippen molar-refractivity contribution in [2.75, 3.05) is 11.9 Å². The molecule has 2 aromatic rings. The van der Waals surface area contributed by atoms with Gasteiger partial charge in [0.05, 0.1) is 12.7 Å². The van der Waals surface area contributed by atoms with Gasteiger partial charge in [-0.3, -0.25) is 4.79 Å². The highest BCUT2D eigenvalue weighted by Gasteiger charge is 2.04. The van der Waals surface area contributed by atoms with E-state index in [1.807, 2.05) is 0 Å². The third-order valence-electron chi connectivity index (χ3n) is 2.04. The maximum Gasteiger partial charge on any atom is 0.271 e. The Labute approximate surface area is 96.1 Å². The number of rotatable bonds is 4. The van der Waals surface area contributed by atoms with Crippen LogP contribution in [0.2, 0.25) is 5.02 Å². The van der Waals surface area contributed by atoms with Crippen LogP contribution in [-0.4, -0.2) is 26.5 Å². The summed E-state index contributed by atoms with van der Waals surface area (Å²) in [7, 11) is 0. The average Bonchev–Trinajstić information content (AvgIpc) is 2.77. The second-order valence-corrected chi connectivity index (χ2v) is 3.53. The molecule has 0 unspecified atom stereocenters. The second-order valence-electron chi connectivity index (χ2n) is 3.15. The zero-order chi connectivity index (χ0) is 11.4. The molecule has 0 saturated heterocycles. The standard InChI is InChI=1S/C9H10ClN5O/c10-7-8(14-5-15-9(7)16)12-2-1-6-3-11-4-13-6/h3-5H,1-2H2,(H,11,13)(H2,12,14,15,16). The number of H-pyrrole nitrogens is 2. The number of nitrogens with zero attached hydrogens (tertiary/aromatic N) is 2. The van der Waals surface area contributed by atoms with Crippen molar-refractivity contribution in [3.8, 4) is 0 Å². The fourth-order valence-electron chi connectivity index (χ4n) is 1.24.